The molecule has 1 aliphatic rings. The van der Waals surface area contributed by atoms with Gasteiger partial charge in [-0.05, 0) is 44.0 Å². The second-order valence-electron chi connectivity index (χ2n) is 4.59. The average Bonchev–Trinajstić information content (AvgIpc) is 2.91. The lowest BCUT2D eigenvalue weighted by Gasteiger charge is -2.14. The summed E-state index contributed by atoms with van der Waals surface area (Å²) in [6.45, 7) is 3.21. The van der Waals surface area contributed by atoms with Crippen LogP contribution in [0.3, 0.4) is 0 Å². The molecule has 1 saturated heterocycles. The van der Waals surface area contributed by atoms with Gasteiger partial charge in [-0.1, -0.05) is 0 Å². The number of amides is 1. The van der Waals surface area contributed by atoms with Gasteiger partial charge < -0.3 is 10.1 Å². The smallest absolute Gasteiger partial charge is 0.233 e. The van der Waals surface area contributed by atoms with Crippen LogP contribution in [0.1, 0.15) is 19.8 Å². The van der Waals surface area contributed by atoms with E-state index >= 15 is 0 Å². The van der Waals surface area contributed by atoms with Gasteiger partial charge in [0.15, 0.2) is 0 Å². The van der Waals surface area contributed by atoms with Crippen LogP contribution in [0.2, 0.25) is 0 Å². The molecule has 1 aliphatic heterocycles. The topological polar surface area (TPSA) is 38.3 Å². The Bertz CT molecular complexity index is 418. The molecule has 0 aromatic heterocycles. The Morgan fingerprint density at radius 2 is 2.26 bits per heavy atom. The van der Waals surface area contributed by atoms with E-state index in [0.717, 1.165) is 24.3 Å². The average molecular weight is 283 g/mol. The highest BCUT2D eigenvalue weighted by Crippen LogP contribution is 2.23. The van der Waals surface area contributed by atoms with Crippen LogP contribution in [0.5, 0.6) is 0 Å². The second kappa shape index (κ2) is 6.91. The third-order valence-electron chi connectivity index (χ3n) is 3.02. The molecule has 104 valence electrons. The van der Waals surface area contributed by atoms with Crippen LogP contribution < -0.4 is 5.32 Å². The van der Waals surface area contributed by atoms with Gasteiger partial charge in [-0.3, -0.25) is 4.79 Å². The molecule has 5 heteroatoms. The highest BCUT2D eigenvalue weighted by molar-refractivity contribution is 8.00. The van der Waals surface area contributed by atoms with Crippen LogP contribution in [-0.4, -0.2) is 30.4 Å². The van der Waals surface area contributed by atoms with Crippen molar-refractivity contribution >= 4 is 17.7 Å². The zero-order chi connectivity index (χ0) is 13.7. The van der Waals surface area contributed by atoms with Crippen molar-refractivity contribution in [3.63, 3.8) is 0 Å². The lowest BCUT2D eigenvalue weighted by atomic mass is 10.2. The summed E-state index contributed by atoms with van der Waals surface area (Å²) in [7, 11) is 0. The maximum absolute atomic E-state index is 12.8. The maximum Gasteiger partial charge on any atom is 0.233 e. The number of thioether (sulfide) groups is 1. The minimum Gasteiger partial charge on any atom is -0.376 e. The number of hydrogen-bond donors (Lipinski definition) is 1. The first-order valence-corrected chi connectivity index (χ1v) is 7.34. The maximum atomic E-state index is 12.8. The molecule has 1 aromatic rings. The molecule has 0 unspecified atom stereocenters. The van der Waals surface area contributed by atoms with Crippen molar-refractivity contribution in [2.24, 2.45) is 0 Å². The monoisotopic (exact) mass is 283 g/mol. The summed E-state index contributed by atoms with van der Waals surface area (Å²) in [4.78, 5) is 12.8. The van der Waals surface area contributed by atoms with Gasteiger partial charge in [0.05, 0.1) is 11.4 Å². The molecule has 1 amide bonds. The van der Waals surface area contributed by atoms with Gasteiger partial charge in [0.1, 0.15) is 5.82 Å². The van der Waals surface area contributed by atoms with Crippen LogP contribution in [0, 0.1) is 5.82 Å². The standard InChI is InChI=1S/C14H18FNO2S/c1-10(19-13-6-4-11(15)5-7-13)14(17)16-9-12-3-2-8-18-12/h4-7,10,12H,2-3,8-9H2,1H3,(H,16,17)/t10-,12-/m0/s1. The molecular formula is C14H18FNO2S. The van der Waals surface area contributed by atoms with E-state index in [1.165, 1.54) is 23.9 Å². The highest BCUT2D eigenvalue weighted by atomic mass is 32.2. The molecular weight excluding hydrogens is 265 g/mol. The third-order valence-corrected chi connectivity index (χ3v) is 4.14. The normalized spacial score (nSPS) is 20.2. The number of halogens is 1. The van der Waals surface area contributed by atoms with Crippen molar-refractivity contribution in [2.75, 3.05) is 13.2 Å². The Morgan fingerprint density at radius 1 is 1.53 bits per heavy atom. The molecule has 1 aromatic carbocycles. The summed E-state index contributed by atoms with van der Waals surface area (Å²) in [5.74, 6) is -0.273. The minimum absolute atomic E-state index is 0.00942. The fourth-order valence-electron chi connectivity index (χ4n) is 1.93. The van der Waals surface area contributed by atoms with Crippen LogP contribution in [0.4, 0.5) is 4.39 Å². The van der Waals surface area contributed by atoms with Gasteiger partial charge in [0, 0.05) is 18.0 Å². The molecule has 1 N–H and O–H groups in total. The van der Waals surface area contributed by atoms with Gasteiger partial charge in [0.2, 0.25) is 5.91 Å². The third kappa shape index (κ3) is 4.51. The van der Waals surface area contributed by atoms with Crippen molar-refractivity contribution in [3.8, 4) is 0 Å². The molecule has 0 spiro atoms. The van der Waals surface area contributed by atoms with E-state index in [1.807, 2.05) is 6.92 Å². The SMILES string of the molecule is C[C@H](Sc1ccc(F)cc1)C(=O)NC[C@@H]1CCCO1. The summed E-state index contributed by atoms with van der Waals surface area (Å²) in [6, 6.07) is 6.17. The number of carbonyl (C=O) groups is 1. The number of rotatable bonds is 5. The summed E-state index contributed by atoms with van der Waals surface area (Å²) in [6.07, 6.45) is 2.24. The van der Waals surface area contributed by atoms with Crippen molar-refractivity contribution in [3.05, 3.63) is 30.1 Å². The number of hydrogen-bond acceptors (Lipinski definition) is 3. The van der Waals surface area contributed by atoms with E-state index in [4.69, 9.17) is 4.74 Å². The molecule has 0 aliphatic carbocycles. The molecule has 2 rings (SSSR count). The van der Waals surface area contributed by atoms with Crippen LogP contribution in [0.15, 0.2) is 29.2 Å². The fourth-order valence-corrected chi connectivity index (χ4v) is 2.83. The van der Waals surface area contributed by atoms with Crippen molar-refractivity contribution in [1.82, 2.24) is 5.32 Å². The second-order valence-corrected chi connectivity index (χ2v) is 6.01. The quantitative estimate of drug-likeness (QED) is 0.844. The molecule has 0 radical (unpaired) electrons. The van der Waals surface area contributed by atoms with E-state index in [2.05, 4.69) is 5.32 Å². The Balaban J connectivity index is 1.76. The van der Waals surface area contributed by atoms with Gasteiger partial charge in [-0.25, -0.2) is 4.39 Å². The number of benzene rings is 1. The van der Waals surface area contributed by atoms with Crippen molar-refractivity contribution < 1.29 is 13.9 Å². The number of carbonyl (C=O) groups excluding carboxylic acids is 1. The largest absolute Gasteiger partial charge is 0.376 e. The van der Waals surface area contributed by atoms with Crippen molar-refractivity contribution in [2.45, 2.75) is 36.0 Å². The first kappa shape index (κ1) is 14.3. The van der Waals surface area contributed by atoms with Gasteiger partial charge >= 0.3 is 0 Å². The molecule has 1 heterocycles. The first-order valence-electron chi connectivity index (χ1n) is 6.46. The Hall–Kier alpha value is -1.07. The lowest BCUT2D eigenvalue weighted by Crippen LogP contribution is -2.36. The van der Waals surface area contributed by atoms with Gasteiger partial charge in [0.25, 0.3) is 0 Å². The molecule has 19 heavy (non-hydrogen) atoms. The molecule has 0 saturated carbocycles. The Labute approximate surface area is 116 Å². The molecule has 2 atom stereocenters. The predicted molar refractivity (Wildman–Crippen MR) is 73.7 cm³/mol. The van der Waals surface area contributed by atoms with E-state index in [1.54, 1.807) is 12.1 Å². The van der Waals surface area contributed by atoms with Crippen molar-refractivity contribution in [1.29, 1.82) is 0 Å². The minimum atomic E-state index is -0.264. The van der Waals surface area contributed by atoms with Gasteiger partial charge in [-0.15, -0.1) is 11.8 Å². The predicted octanol–water partition coefficient (Wildman–Crippen LogP) is 2.60. The van der Waals surface area contributed by atoms with E-state index in [9.17, 15) is 9.18 Å². The number of ether oxygens (including phenoxy) is 1. The van der Waals surface area contributed by atoms with Crippen LogP contribution in [0.25, 0.3) is 0 Å². The van der Waals surface area contributed by atoms with Crippen LogP contribution in [-0.2, 0) is 9.53 Å². The number of nitrogens with one attached hydrogen (secondary N) is 1. The zero-order valence-electron chi connectivity index (χ0n) is 10.9. The molecule has 1 fully saturated rings. The van der Waals surface area contributed by atoms with E-state index in [-0.39, 0.29) is 23.1 Å². The van der Waals surface area contributed by atoms with Gasteiger partial charge in [-0.2, -0.15) is 0 Å². The van der Waals surface area contributed by atoms with E-state index < -0.39 is 0 Å². The first-order chi connectivity index (χ1) is 9.15. The Morgan fingerprint density at radius 3 is 2.89 bits per heavy atom. The fraction of sp³-hybridized carbons (Fsp3) is 0.500. The zero-order valence-corrected chi connectivity index (χ0v) is 11.7. The van der Waals surface area contributed by atoms with Crippen LogP contribution >= 0.6 is 11.8 Å². The summed E-state index contributed by atoms with van der Waals surface area (Å²) in [5.41, 5.74) is 0. The van der Waals surface area contributed by atoms with E-state index in [0.29, 0.717) is 6.54 Å². The highest BCUT2D eigenvalue weighted by Gasteiger charge is 2.19. The lowest BCUT2D eigenvalue weighted by molar-refractivity contribution is -0.120. The summed E-state index contributed by atoms with van der Waals surface area (Å²) in [5, 5.41) is 2.70. The Kier molecular flexibility index (Phi) is 5.22. The summed E-state index contributed by atoms with van der Waals surface area (Å²) >= 11 is 1.42. The molecule has 0 bridgehead atoms. The molecule has 3 nitrogen and oxygen atoms in total. The summed E-state index contributed by atoms with van der Waals surface area (Å²) < 4.78 is 18.2.